The summed E-state index contributed by atoms with van der Waals surface area (Å²) in [5.74, 6) is 0. The van der Waals surface area contributed by atoms with Crippen LogP contribution in [-0.2, 0) is 4.74 Å². The van der Waals surface area contributed by atoms with E-state index in [4.69, 9.17) is 10.00 Å². The van der Waals surface area contributed by atoms with E-state index in [0.717, 1.165) is 6.42 Å². The van der Waals surface area contributed by atoms with Crippen LogP contribution in [0.15, 0.2) is 0 Å². The van der Waals surface area contributed by atoms with Crippen LogP contribution in [0.5, 0.6) is 0 Å². The van der Waals surface area contributed by atoms with Gasteiger partial charge < -0.3 is 10.1 Å². The summed E-state index contributed by atoms with van der Waals surface area (Å²) in [6.07, 6.45) is 2.83. The average molecular weight is 140 g/mol. The molecule has 1 N–H and O–H groups in total. The zero-order chi connectivity index (χ0) is 7.61. The fourth-order valence-electron chi connectivity index (χ4n) is 1.22. The lowest BCUT2D eigenvalue weighted by atomic mass is 10.0. The van der Waals surface area contributed by atoms with E-state index < -0.39 is 0 Å². The minimum absolute atomic E-state index is 0.0471. The lowest BCUT2D eigenvalue weighted by molar-refractivity contribution is 0.0359. The van der Waals surface area contributed by atoms with Gasteiger partial charge in [0.25, 0.3) is 0 Å². The van der Waals surface area contributed by atoms with Crippen molar-refractivity contribution in [2.75, 3.05) is 6.61 Å². The Morgan fingerprint density at radius 2 is 2.40 bits per heavy atom. The molecule has 1 unspecified atom stereocenters. The molecule has 0 saturated carbocycles. The van der Waals surface area contributed by atoms with Crippen LogP contribution in [-0.4, -0.2) is 18.2 Å². The van der Waals surface area contributed by atoms with Crippen molar-refractivity contribution in [1.82, 2.24) is 5.32 Å². The zero-order valence-electron chi connectivity index (χ0n) is 6.35. The molecule has 3 heteroatoms. The van der Waals surface area contributed by atoms with E-state index in [1.165, 1.54) is 0 Å². The Morgan fingerprint density at radius 1 is 1.70 bits per heavy atom. The maximum absolute atomic E-state index is 8.28. The Labute approximate surface area is 61.0 Å². The second kappa shape index (κ2) is 2.47. The van der Waals surface area contributed by atoms with Gasteiger partial charge in [0.15, 0.2) is 6.19 Å². The number of hydrogen-bond donors (Lipinski definition) is 1. The number of rotatable bonds is 1. The summed E-state index contributed by atoms with van der Waals surface area (Å²) in [5.41, 5.74) is -0.0471. The van der Waals surface area contributed by atoms with Gasteiger partial charge in [-0.15, -0.1) is 0 Å². The number of hydrogen-bond acceptors (Lipinski definition) is 3. The quantitative estimate of drug-likeness (QED) is 0.429. The van der Waals surface area contributed by atoms with Gasteiger partial charge >= 0.3 is 0 Å². The van der Waals surface area contributed by atoms with Crippen LogP contribution in [0.4, 0.5) is 0 Å². The summed E-state index contributed by atoms with van der Waals surface area (Å²) >= 11 is 0. The Hall–Kier alpha value is -0.750. The summed E-state index contributed by atoms with van der Waals surface area (Å²) in [4.78, 5) is 0. The molecule has 1 rings (SSSR count). The molecule has 56 valence electrons. The van der Waals surface area contributed by atoms with Crippen molar-refractivity contribution in [2.24, 2.45) is 0 Å². The first-order chi connectivity index (χ1) is 4.64. The molecule has 3 nitrogen and oxygen atoms in total. The van der Waals surface area contributed by atoms with Gasteiger partial charge in [-0.05, 0) is 20.3 Å². The summed E-state index contributed by atoms with van der Waals surface area (Å²) in [7, 11) is 0. The van der Waals surface area contributed by atoms with E-state index >= 15 is 0 Å². The third kappa shape index (κ3) is 1.61. The van der Waals surface area contributed by atoms with Crippen molar-refractivity contribution in [3.05, 3.63) is 0 Å². The first kappa shape index (κ1) is 7.36. The minimum atomic E-state index is -0.0471. The van der Waals surface area contributed by atoms with Gasteiger partial charge in [0.05, 0.1) is 18.2 Å². The number of nitrogens with one attached hydrogen (secondary N) is 1. The molecule has 0 spiro atoms. The Balaban J connectivity index is 2.38. The smallest absolute Gasteiger partial charge is 0.176 e. The third-order valence-corrected chi connectivity index (χ3v) is 1.68. The number of nitriles is 1. The highest BCUT2D eigenvalue weighted by molar-refractivity contribution is 4.88. The van der Waals surface area contributed by atoms with Crippen LogP contribution < -0.4 is 5.32 Å². The lowest BCUT2D eigenvalue weighted by Gasteiger charge is -2.14. The summed E-state index contributed by atoms with van der Waals surface area (Å²) in [5, 5.41) is 11.0. The van der Waals surface area contributed by atoms with Crippen molar-refractivity contribution in [3.8, 4) is 6.19 Å². The van der Waals surface area contributed by atoms with Crippen LogP contribution in [0.1, 0.15) is 20.3 Å². The van der Waals surface area contributed by atoms with Crippen LogP contribution >= 0.6 is 0 Å². The maximum atomic E-state index is 8.28. The van der Waals surface area contributed by atoms with Gasteiger partial charge in [-0.3, -0.25) is 0 Å². The van der Waals surface area contributed by atoms with Crippen molar-refractivity contribution in [3.63, 3.8) is 0 Å². The fraction of sp³-hybridized carbons (Fsp3) is 0.857. The first-order valence-electron chi connectivity index (χ1n) is 3.43. The van der Waals surface area contributed by atoms with Crippen molar-refractivity contribution < 1.29 is 4.74 Å². The maximum Gasteiger partial charge on any atom is 0.176 e. The molecule has 1 heterocycles. The monoisotopic (exact) mass is 140 g/mol. The van der Waals surface area contributed by atoms with Gasteiger partial charge in [-0.2, -0.15) is 5.26 Å². The second-order valence-corrected chi connectivity index (χ2v) is 3.23. The highest BCUT2D eigenvalue weighted by Crippen LogP contribution is 2.23. The van der Waals surface area contributed by atoms with E-state index in [9.17, 15) is 0 Å². The van der Waals surface area contributed by atoms with E-state index in [1.54, 1.807) is 0 Å². The predicted octanol–water partition coefficient (Wildman–Crippen LogP) is 0.625. The van der Waals surface area contributed by atoms with Crippen LogP contribution in [0, 0.1) is 11.5 Å². The molecule has 0 aliphatic carbocycles. The molecule has 1 fully saturated rings. The van der Waals surface area contributed by atoms with Crippen LogP contribution in [0.2, 0.25) is 0 Å². The zero-order valence-corrected chi connectivity index (χ0v) is 6.35. The van der Waals surface area contributed by atoms with Gasteiger partial charge in [0.1, 0.15) is 0 Å². The van der Waals surface area contributed by atoms with Crippen molar-refractivity contribution in [2.45, 2.75) is 31.9 Å². The molecular weight excluding hydrogens is 128 g/mol. The molecule has 0 bridgehead atoms. The van der Waals surface area contributed by atoms with E-state index in [2.05, 4.69) is 5.32 Å². The van der Waals surface area contributed by atoms with Crippen LogP contribution in [0.25, 0.3) is 0 Å². The summed E-state index contributed by atoms with van der Waals surface area (Å²) in [6.45, 7) is 4.72. The third-order valence-electron chi connectivity index (χ3n) is 1.68. The first-order valence-corrected chi connectivity index (χ1v) is 3.43. The van der Waals surface area contributed by atoms with Crippen LogP contribution in [0.3, 0.4) is 0 Å². The Morgan fingerprint density at radius 3 is 2.80 bits per heavy atom. The lowest BCUT2D eigenvalue weighted by Crippen LogP contribution is -2.26. The fourth-order valence-corrected chi connectivity index (χ4v) is 1.22. The Bertz CT molecular complexity index is 159. The molecule has 1 aliphatic heterocycles. The molecule has 0 aromatic heterocycles. The highest BCUT2D eigenvalue weighted by Gasteiger charge is 2.31. The predicted molar refractivity (Wildman–Crippen MR) is 37.2 cm³/mol. The standard InChI is InChI=1S/C7H12N2O/c1-7(2)3-6(4-10-7)9-5-8/h6,9H,3-4H2,1-2H3. The molecular formula is C7H12N2O. The molecule has 1 aliphatic rings. The highest BCUT2D eigenvalue weighted by atomic mass is 16.5. The van der Waals surface area contributed by atoms with E-state index in [0.29, 0.717) is 6.61 Å². The van der Waals surface area contributed by atoms with E-state index in [1.807, 2.05) is 20.0 Å². The average Bonchev–Trinajstić information content (AvgIpc) is 2.12. The molecule has 0 radical (unpaired) electrons. The van der Waals surface area contributed by atoms with Gasteiger partial charge in [-0.1, -0.05) is 0 Å². The largest absolute Gasteiger partial charge is 0.373 e. The minimum Gasteiger partial charge on any atom is -0.373 e. The van der Waals surface area contributed by atoms with Gasteiger partial charge in [0, 0.05) is 0 Å². The summed E-state index contributed by atoms with van der Waals surface area (Å²) in [6, 6.07) is 0.222. The van der Waals surface area contributed by atoms with Crippen molar-refractivity contribution in [1.29, 1.82) is 5.26 Å². The molecule has 0 aromatic rings. The number of nitrogens with zero attached hydrogens (tertiary/aromatic N) is 1. The topological polar surface area (TPSA) is 45.0 Å². The normalized spacial score (nSPS) is 29.5. The van der Waals surface area contributed by atoms with Gasteiger partial charge in [0.2, 0.25) is 0 Å². The number of ether oxygens (including phenoxy) is 1. The SMILES string of the molecule is CC1(C)CC(NC#N)CO1. The Kier molecular flexibility index (Phi) is 1.82. The molecule has 1 saturated heterocycles. The molecule has 0 aromatic carbocycles. The summed E-state index contributed by atoms with van der Waals surface area (Å²) < 4.78 is 5.39. The molecule has 0 amide bonds. The van der Waals surface area contributed by atoms with Gasteiger partial charge in [-0.25, -0.2) is 0 Å². The second-order valence-electron chi connectivity index (χ2n) is 3.23. The van der Waals surface area contributed by atoms with Crippen molar-refractivity contribution >= 4 is 0 Å². The molecule has 10 heavy (non-hydrogen) atoms. The van der Waals surface area contributed by atoms with E-state index in [-0.39, 0.29) is 11.6 Å². The molecule has 1 atom stereocenters.